The van der Waals surface area contributed by atoms with Gasteiger partial charge in [-0.25, -0.2) is 0 Å². The second-order valence-corrected chi connectivity index (χ2v) is 7.95. The van der Waals surface area contributed by atoms with Crippen LogP contribution in [0.2, 0.25) is 5.02 Å². The summed E-state index contributed by atoms with van der Waals surface area (Å²) in [6.45, 7) is 0.141. The van der Waals surface area contributed by atoms with Crippen molar-refractivity contribution >= 4 is 50.9 Å². The molecular formula is C18H20BrClN2O3. The fourth-order valence-corrected chi connectivity index (χ4v) is 4.51. The van der Waals surface area contributed by atoms with Crippen molar-refractivity contribution in [3.8, 4) is 0 Å². The average Bonchev–Trinajstić information content (AvgIpc) is 2.84. The zero-order chi connectivity index (χ0) is 18.1. The minimum atomic E-state index is -0.181. The molecule has 1 aromatic rings. The molecular weight excluding hydrogens is 408 g/mol. The maximum absolute atomic E-state index is 12.5. The first kappa shape index (κ1) is 18.4. The van der Waals surface area contributed by atoms with Crippen LogP contribution in [-0.2, 0) is 14.4 Å². The molecule has 3 rings (SSSR count). The van der Waals surface area contributed by atoms with Gasteiger partial charge in [0.2, 0.25) is 17.7 Å². The number of halogens is 2. The fourth-order valence-electron chi connectivity index (χ4n) is 3.71. The third-order valence-corrected chi connectivity index (χ3v) is 5.92. The van der Waals surface area contributed by atoms with Crippen LogP contribution in [-0.4, -0.2) is 36.2 Å². The van der Waals surface area contributed by atoms with E-state index in [2.05, 4.69) is 15.9 Å². The van der Waals surface area contributed by atoms with Crippen molar-refractivity contribution in [2.75, 3.05) is 18.5 Å². The summed E-state index contributed by atoms with van der Waals surface area (Å²) in [5.74, 6) is -0.733. The van der Waals surface area contributed by atoms with Crippen LogP contribution in [0.15, 0.2) is 22.7 Å². The van der Waals surface area contributed by atoms with Crippen molar-refractivity contribution in [3.63, 3.8) is 0 Å². The number of benzene rings is 1. The molecule has 5 nitrogen and oxygen atoms in total. The second kappa shape index (κ2) is 7.46. The molecule has 134 valence electrons. The Kier molecular flexibility index (Phi) is 5.49. The lowest BCUT2D eigenvalue weighted by molar-refractivity contribution is -0.140. The molecule has 25 heavy (non-hydrogen) atoms. The van der Waals surface area contributed by atoms with Gasteiger partial charge in [-0.15, -0.1) is 0 Å². The Hall–Kier alpha value is -1.40. The first-order valence-corrected chi connectivity index (χ1v) is 9.64. The van der Waals surface area contributed by atoms with Crippen LogP contribution in [0.5, 0.6) is 0 Å². The maximum atomic E-state index is 12.5. The quantitative estimate of drug-likeness (QED) is 0.690. The Balaban J connectivity index is 1.64. The zero-order valence-electron chi connectivity index (χ0n) is 14.0. The number of carbonyl (C=O) groups is 3. The van der Waals surface area contributed by atoms with Crippen molar-refractivity contribution < 1.29 is 14.4 Å². The highest BCUT2D eigenvalue weighted by molar-refractivity contribution is 9.10. The summed E-state index contributed by atoms with van der Waals surface area (Å²) in [4.78, 5) is 40.1. The Labute approximate surface area is 160 Å². The number of carbonyl (C=O) groups excluding carboxylic acids is 3. The molecule has 0 spiro atoms. The largest absolute Gasteiger partial charge is 0.314 e. The summed E-state index contributed by atoms with van der Waals surface area (Å²) in [5.41, 5.74) is 0.600. The molecule has 1 aliphatic carbocycles. The van der Waals surface area contributed by atoms with E-state index in [0.29, 0.717) is 10.7 Å². The molecule has 2 fully saturated rings. The zero-order valence-corrected chi connectivity index (χ0v) is 16.3. The minimum absolute atomic E-state index is 0.0970. The van der Waals surface area contributed by atoms with Gasteiger partial charge in [0.15, 0.2) is 0 Å². The van der Waals surface area contributed by atoms with Gasteiger partial charge in [0, 0.05) is 24.5 Å². The number of hydrogen-bond acceptors (Lipinski definition) is 3. The standard InChI is InChI=1S/C18H20BrClN2O3/c1-21(15-7-6-11(19)10-14(15)20)16(23)8-9-22-17(24)12-4-2-3-5-13(12)18(22)25/h6-7,10,12-13H,2-5,8-9H2,1H3. The lowest BCUT2D eigenvalue weighted by Crippen LogP contribution is -2.36. The first-order valence-electron chi connectivity index (χ1n) is 8.47. The van der Waals surface area contributed by atoms with Crippen LogP contribution in [0.4, 0.5) is 5.69 Å². The molecule has 0 radical (unpaired) electrons. The van der Waals surface area contributed by atoms with E-state index < -0.39 is 0 Å². The highest BCUT2D eigenvalue weighted by atomic mass is 79.9. The molecule has 1 saturated heterocycles. The lowest BCUT2D eigenvalue weighted by atomic mass is 9.81. The highest BCUT2D eigenvalue weighted by Crippen LogP contribution is 2.38. The SMILES string of the molecule is CN(C(=O)CCN1C(=O)C2CCCCC2C1=O)c1ccc(Br)cc1Cl. The molecule has 1 aliphatic heterocycles. The Morgan fingerprint density at radius 3 is 2.40 bits per heavy atom. The fraction of sp³-hybridized carbons (Fsp3) is 0.500. The van der Waals surface area contributed by atoms with Crippen molar-refractivity contribution in [3.05, 3.63) is 27.7 Å². The van der Waals surface area contributed by atoms with E-state index in [0.717, 1.165) is 30.2 Å². The number of imide groups is 1. The van der Waals surface area contributed by atoms with E-state index >= 15 is 0 Å². The van der Waals surface area contributed by atoms with E-state index in [1.54, 1.807) is 19.2 Å². The molecule has 1 aromatic carbocycles. The molecule has 7 heteroatoms. The van der Waals surface area contributed by atoms with E-state index in [1.807, 2.05) is 6.07 Å². The maximum Gasteiger partial charge on any atom is 0.233 e. The van der Waals surface area contributed by atoms with Crippen LogP contribution in [0.25, 0.3) is 0 Å². The third-order valence-electron chi connectivity index (χ3n) is 5.13. The topological polar surface area (TPSA) is 57.7 Å². The molecule has 3 amide bonds. The van der Waals surface area contributed by atoms with Crippen LogP contribution in [0, 0.1) is 11.8 Å². The molecule has 1 saturated carbocycles. The van der Waals surface area contributed by atoms with E-state index in [4.69, 9.17) is 11.6 Å². The summed E-state index contributed by atoms with van der Waals surface area (Å²) in [6, 6.07) is 5.28. The molecule has 2 unspecified atom stereocenters. The van der Waals surface area contributed by atoms with Gasteiger partial charge in [-0.05, 0) is 31.0 Å². The molecule has 2 aliphatic rings. The lowest BCUT2D eigenvalue weighted by Gasteiger charge is -2.21. The van der Waals surface area contributed by atoms with Gasteiger partial charge in [-0.1, -0.05) is 40.4 Å². The number of hydrogen-bond donors (Lipinski definition) is 0. The number of anilines is 1. The smallest absolute Gasteiger partial charge is 0.233 e. The van der Waals surface area contributed by atoms with Crippen LogP contribution in [0.1, 0.15) is 32.1 Å². The monoisotopic (exact) mass is 426 g/mol. The van der Waals surface area contributed by atoms with Gasteiger partial charge < -0.3 is 4.90 Å². The van der Waals surface area contributed by atoms with E-state index in [9.17, 15) is 14.4 Å². The molecule has 1 heterocycles. The van der Waals surface area contributed by atoms with Gasteiger partial charge in [0.25, 0.3) is 0 Å². The van der Waals surface area contributed by atoms with Crippen molar-refractivity contribution in [1.82, 2.24) is 4.90 Å². The van der Waals surface area contributed by atoms with Crippen LogP contribution >= 0.6 is 27.5 Å². The number of fused-ring (bicyclic) bond motifs is 1. The Morgan fingerprint density at radius 1 is 1.24 bits per heavy atom. The van der Waals surface area contributed by atoms with Gasteiger partial charge in [-0.2, -0.15) is 0 Å². The minimum Gasteiger partial charge on any atom is -0.314 e. The predicted molar refractivity (Wildman–Crippen MR) is 99.3 cm³/mol. The van der Waals surface area contributed by atoms with Gasteiger partial charge >= 0.3 is 0 Å². The summed E-state index contributed by atoms with van der Waals surface area (Å²) >= 11 is 9.51. The van der Waals surface area contributed by atoms with Crippen molar-refractivity contribution in [2.45, 2.75) is 32.1 Å². The van der Waals surface area contributed by atoms with Crippen molar-refractivity contribution in [2.24, 2.45) is 11.8 Å². The van der Waals surface area contributed by atoms with Gasteiger partial charge in [0.1, 0.15) is 0 Å². The number of likely N-dealkylation sites (tertiary alicyclic amines) is 1. The first-order chi connectivity index (χ1) is 11.9. The van der Waals surface area contributed by atoms with E-state index in [-0.39, 0.29) is 42.5 Å². The number of rotatable bonds is 4. The van der Waals surface area contributed by atoms with Crippen LogP contribution < -0.4 is 4.90 Å². The summed E-state index contributed by atoms with van der Waals surface area (Å²) in [6.07, 6.45) is 3.66. The molecule has 0 aromatic heterocycles. The van der Waals surface area contributed by atoms with Gasteiger partial charge in [-0.3, -0.25) is 19.3 Å². The number of nitrogens with zero attached hydrogens (tertiary/aromatic N) is 2. The Morgan fingerprint density at radius 2 is 1.84 bits per heavy atom. The normalized spacial score (nSPS) is 22.9. The predicted octanol–water partition coefficient (Wildman–Crippen LogP) is 3.63. The Bertz CT molecular complexity index is 700. The highest BCUT2D eigenvalue weighted by Gasteiger charge is 2.47. The van der Waals surface area contributed by atoms with Crippen LogP contribution in [0.3, 0.4) is 0 Å². The molecule has 2 atom stereocenters. The average molecular weight is 428 g/mol. The number of amides is 3. The van der Waals surface area contributed by atoms with Gasteiger partial charge in [0.05, 0.1) is 22.5 Å². The summed E-state index contributed by atoms with van der Waals surface area (Å²) in [7, 11) is 1.64. The third kappa shape index (κ3) is 3.60. The molecule has 0 bridgehead atoms. The summed E-state index contributed by atoms with van der Waals surface area (Å²) < 4.78 is 0.831. The van der Waals surface area contributed by atoms with E-state index in [1.165, 1.54) is 9.80 Å². The molecule has 0 N–H and O–H groups in total. The second-order valence-electron chi connectivity index (χ2n) is 6.62. The van der Waals surface area contributed by atoms with Crippen molar-refractivity contribution in [1.29, 1.82) is 0 Å². The summed E-state index contributed by atoms with van der Waals surface area (Å²) in [5, 5.41) is 0.463.